The number of thiocarbonyl (C=S) groups is 1. The van der Waals surface area contributed by atoms with E-state index in [4.69, 9.17) is 12.2 Å². The Bertz CT molecular complexity index is 1070. The third kappa shape index (κ3) is 3.57. The smallest absolute Gasteiger partial charge is 0.270 e. The SMILES string of the molecule is CC(C)n1ccc(C=C2C(=O)N(c3ccccc3)C(=S)N(c3ccccc3)C2=O)c1. The maximum Gasteiger partial charge on any atom is 0.270 e. The number of nitrogens with zero attached hydrogens (tertiary/aromatic N) is 3. The van der Waals surface area contributed by atoms with Crippen LogP contribution in [0.2, 0.25) is 0 Å². The maximum absolute atomic E-state index is 13.4. The molecule has 0 N–H and O–H groups in total. The minimum atomic E-state index is -0.430. The molecule has 0 atom stereocenters. The zero-order valence-corrected chi connectivity index (χ0v) is 17.5. The number of para-hydroxylation sites is 2. The minimum absolute atomic E-state index is 0.0674. The van der Waals surface area contributed by atoms with Crippen LogP contribution in [-0.2, 0) is 9.59 Å². The number of amides is 2. The van der Waals surface area contributed by atoms with Crippen LogP contribution in [0.3, 0.4) is 0 Å². The van der Waals surface area contributed by atoms with E-state index in [0.717, 1.165) is 5.56 Å². The van der Waals surface area contributed by atoms with Crippen molar-refractivity contribution in [3.8, 4) is 0 Å². The molecule has 0 bridgehead atoms. The fraction of sp³-hybridized carbons (Fsp3) is 0.125. The fourth-order valence-corrected chi connectivity index (χ4v) is 3.72. The molecule has 0 spiro atoms. The van der Waals surface area contributed by atoms with E-state index < -0.39 is 11.8 Å². The first-order valence-corrected chi connectivity index (χ1v) is 10.1. The highest BCUT2D eigenvalue weighted by molar-refractivity contribution is 7.81. The number of rotatable bonds is 4. The zero-order chi connectivity index (χ0) is 21.3. The molecule has 1 fully saturated rings. The van der Waals surface area contributed by atoms with E-state index in [-0.39, 0.29) is 16.7 Å². The minimum Gasteiger partial charge on any atom is -0.351 e. The number of anilines is 2. The van der Waals surface area contributed by atoms with Gasteiger partial charge in [0.1, 0.15) is 5.57 Å². The van der Waals surface area contributed by atoms with Gasteiger partial charge in [0.2, 0.25) is 0 Å². The summed E-state index contributed by atoms with van der Waals surface area (Å²) in [5.41, 5.74) is 2.09. The topological polar surface area (TPSA) is 45.6 Å². The first-order chi connectivity index (χ1) is 14.5. The van der Waals surface area contributed by atoms with Crippen LogP contribution in [0.4, 0.5) is 11.4 Å². The Morgan fingerprint density at radius 3 is 1.73 bits per heavy atom. The largest absolute Gasteiger partial charge is 0.351 e. The summed E-state index contributed by atoms with van der Waals surface area (Å²) in [6.07, 6.45) is 5.49. The van der Waals surface area contributed by atoms with Gasteiger partial charge in [-0.2, -0.15) is 0 Å². The number of benzene rings is 2. The van der Waals surface area contributed by atoms with E-state index in [9.17, 15) is 9.59 Å². The molecule has 1 saturated heterocycles. The highest BCUT2D eigenvalue weighted by atomic mass is 32.1. The van der Waals surface area contributed by atoms with E-state index in [1.54, 1.807) is 30.3 Å². The van der Waals surface area contributed by atoms with E-state index in [2.05, 4.69) is 13.8 Å². The molecule has 30 heavy (non-hydrogen) atoms. The Morgan fingerprint density at radius 2 is 1.30 bits per heavy atom. The molecule has 0 unspecified atom stereocenters. The molecule has 0 aliphatic carbocycles. The van der Waals surface area contributed by atoms with Gasteiger partial charge in [-0.05, 0) is 68.0 Å². The van der Waals surface area contributed by atoms with Gasteiger partial charge in [-0.1, -0.05) is 36.4 Å². The predicted molar refractivity (Wildman–Crippen MR) is 123 cm³/mol. The summed E-state index contributed by atoms with van der Waals surface area (Å²) in [5.74, 6) is -0.860. The summed E-state index contributed by atoms with van der Waals surface area (Å²) in [4.78, 5) is 29.6. The van der Waals surface area contributed by atoms with Gasteiger partial charge in [-0.25, -0.2) is 0 Å². The second-order valence-electron chi connectivity index (χ2n) is 7.28. The lowest BCUT2D eigenvalue weighted by molar-refractivity contribution is -0.120. The maximum atomic E-state index is 13.4. The molecule has 2 amide bonds. The molecule has 2 aromatic carbocycles. The van der Waals surface area contributed by atoms with Crippen molar-refractivity contribution in [1.29, 1.82) is 0 Å². The van der Waals surface area contributed by atoms with Gasteiger partial charge < -0.3 is 4.57 Å². The summed E-state index contributed by atoms with van der Waals surface area (Å²) in [7, 11) is 0. The molecule has 1 aromatic heterocycles. The third-order valence-corrected chi connectivity index (χ3v) is 5.29. The Hall–Kier alpha value is -3.51. The number of aromatic nitrogens is 1. The van der Waals surface area contributed by atoms with Crippen molar-refractivity contribution in [3.05, 3.63) is 90.3 Å². The normalized spacial score (nSPS) is 14.6. The molecule has 5 nitrogen and oxygen atoms in total. The molecular formula is C24H21N3O2S. The van der Waals surface area contributed by atoms with Crippen LogP contribution in [0.1, 0.15) is 25.5 Å². The van der Waals surface area contributed by atoms with Crippen molar-refractivity contribution in [2.45, 2.75) is 19.9 Å². The summed E-state index contributed by atoms with van der Waals surface area (Å²) in [5, 5.41) is 0.138. The van der Waals surface area contributed by atoms with Crippen molar-refractivity contribution in [2.24, 2.45) is 0 Å². The lowest BCUT2D eigenvalue weighted by atomic mass is 10.1. The summed E-state index contributed by atoms with van der Waals surface area (Å²) < 4.78 is 2.03. The molecule has 0 radical (unpaired) electrons. The second kappa shape index (κ2) is 8.08. The first-order valence-electron chi connectivity index (χ1n) is 9.69. The molecule has 2 heterocycles. The average Bonchev–Trinajstić information content (AvgIpc) is 3.22. The van der Waals surface area contributed by atoms with E-state index in [1.165, 1.54) is 9.80 Å². The molecule has 6 heteroatoms. The number of carbonyl (C=O) groups is 2. The lowest BCUT2D eigenvalue weighted by Crippen LogP contribution is -2.56. The standard InChI is InChI=1S/C24H21N3O2S/c1-17(2)25-14-13-18(16-25)15-21-22(28)26(19-9-5-3-6-10-19)24(30)27(23(21)29)20-11-7-4-8-12-20/h3-17H,1-2H3. The van der Waals surface area contributed by atoms with Gasteiger partial charge >= 0.3 is 0 Å². The van der Waals surface area contributed by atoms with Gasteiger partial charge in [-0.3, -0.25) is 19.4 Å². The quantitative estimate of drug-likeness (QED) is 0.349. The Labute approximate surface area is 180 Å². The summed E-state index contributed by atoms with van der Waals surface area (Å²) in [6, 6.07) is 20.4. The van der Waals surface area contributed by atoms with Gasteiger partial charge in [0.15, 0.2) is 5.11 Å². The molecule has 4 rings (SSSR count). The van der Waals surface area contributed by atoms with Crippen molar-refractivity contribution in [2.75, 3.05) is 9.80 Å². The Balaban J connectivity index is 1.84. The van der Waals surface area contributed by atoms with E-state index in [0.29, 0.717) is 11.4 Å². The van der Waals surface area contributed by atoms with E-state index >= 15 is 0 Å². The summed E-state index contributed by atoms with van der Waals surface area (Å²) >= 11 is 5.60. The van der Waals surface area contributed by atoms with Gasteiger partial charge in [0.05, 0.1) is 11.4 Å². The van der Waals surface area contributed by atoms with Crippen LogP contribution in [0.15, 0.2) is 84.7 Å². The van der Waals surface area contributed by atoms with Gasteiger partial charge in [-0.15, -0.1) is 0 Å². The first kappa shape index (κ1) is 19.8. The van der Waals surface area contributed by atoms with Gasteiger partial charge in [0, 0.05) is 18.4 Å². The predicted octanol–water partition coefficient (Wildman–Crippen LogP) is 4.82. The lowest BCUT2D eigenvalue weighted by Gasteiger charge is -2.36. The Kier molecular flexibility index (Phi) is 5.33. The number of hydrogen-bond acceptors (Lipinski definition) is 3. The van der Waals surface area contributed by atoms with Gasteiger partial charge in [0.25, 0.3) is 11.8 Å². The molecule has 1 aliphatic heterocycles. The number of hydrogen-bond donors (Lipinski definition) is 0. The van der Waals surface area contributed by atoms with Crippen molar-refractivity contribution >= 4 is 46.6 Å². The van der Waals surface area contributed by atoms with E-state index in [1.807, 2.05) is 59.4 Å². The zero-order valence-electron chi connectivity index (χ0n) is 16.7. The monoisotopic (exact) mass is 415 g/mol. The average molecular weight is 416 g/mol. The molecule has 1 aliphatic rings. The molecule has 0 saturated carbocycles. The van der Waals surface area contributed by atoms with Crippen LogP contribution >= 0.6 is 12.2 Å². The summed E-state index contributed by atoms with van der Waals surface area (Å²) in [6.45, 7) is 4.14. The highest BCUT2D eigenvalue weighted by Crippen LogP contribution is 2.29. The second-order valence-corrected chi connectivity index (χ2v) is 7.64. The van der Waals surface area contributed by atoms with Crippen molar-refractivity contribution in [1.82, 2.24) is 4.57 Å². The molecule has 3 aromatic rings. The molecule has 150 valence electrons. The van der Waals surface area contributed by atoms with Crippen LogP contribution in [-0.4, -0.2) is 21.5 Å². The Morgan fingerprint density at radius 1 is 0.800 bits per heavy atom. The van der Waals surface area contributed by atoms with Crippen LogP contribution in [0.25, 0.3) is 6.08 Å². The van der Waals surface area contributed by atoms with Crippen LogP contribution in [0, 0.1) is 0 Å². The third-order valence-electron chi connectivity index (χ3n) is 4.92. The highest BCUT2D eigenvalue weighted by Gasteiger charge is 2.41. The van der Waals surface area contributed by atoms with Crippen molar-refractivity contribution < 1.29 is 9.59 Å². The van der Waals surface area contributed by atoms with Crippen LogP contribution < -0.4 is 9.80 Å². The fourth-order valence-electron chi connectivity index (χ4n) is 3.34. The molecular weight excluding hydrogens is 394 g/mol. The number of carbonyl (C=O) groups excluding carboxylic acids is 2. The van der Waals surface area contributed by atoms with Crippen LogP contribution in [0.5, 0.6) is 0 Å². The van der Waals surface area contributed by atoms with Crippen molar-refractivity contribution in [3.63, 3.8) is 0 Å².